The minimum absolute atomic E-state index is 0.00258. The van der Waals surface area contributed by atoms with E-state index in [4.69, 9.17) is 0 Å². The van der Waals surface area contributed by atoms with Gasteiger partial charge in [-0.25, -0.2) is 41.3 Å². The van der Waals surface area contributed by atoms with Gasteiger partial charge in [-0.2, -0.15) is 0 Å². The number of aliphatic imine (C=N–C) groups is 1. The Morgan fingerprint density at radius 3 is 1.87 bits per heavy atom. The summed E-state index contributed by atoms with van der Waals surface area (Å²) >= 11 is 0. The molecular formula is C24H9BF6N6O. The minimum atomic E-state index is -1.64. The molecule has 38 heavy (non-hydrogen) atoms. The molecule has 1 unspecified atom stereocenters. The normalized spacial score (nSPS) is 17.0. The second-order valence-corrected chi connectivity index (χ2v) is 9.12. The monoisotopic (exact) mass is 522 g/mol. The predicted molar refractivity (Wildman–Crippen MR) is 123 cm³/mol. The molecule has 0 saturated heterocycles. The standard InChI is InChI=1S/C24H9BF6N6O/c26-13-1-7-8(2-14(13)27)20-32-19(7)33-21-9-3-15(28)17(30)5-11(9)23-35-24-12-6-18(31)16(29)4-10(12)22(34-20)37(24)25(38)36(21)23/h1-6,21,38H,(H,32,33,34). The molecule has 5 heterocycles. The molecule has 0 aliphatic carbocycles. The van der Waals surface area contributed by atoms with Gasteiger partial charge in [0.05, 0.1) is 0 Å². The Labute approximate surface area is 206 Å². The zero-order chi connectivity index (χ0) is 26.2. The molecule has 0 radical (unpaired) electrons. The lowest BCUT2D eigenvalue weighted by Gasteiger charge is -2.31. The van der Waals surface area contributed by atoms with E-state index < -0.39 is 48.3 Å². The maximum Gasteiger partial charge on any atom is 0.556 e. The van der Waals surface area contributed by atoms with Crippen LogP contribution in [0.4, 0.5) is 38.0 Å². The zero-order valence-electron chi connectivity index (χ0n) is 18.6. The van der Waals surface area contributed by atoms with E-state index in [-0.39, 0.29) is 61.1 Å². The van der Waals surface area contributed by atoms with Crippen LogP contribution in [0, 0.1) is 34.9 Å². The molecule has 2 aromatic heterocycles. The lowest BCUT2D eigenvalue weighted by Crippen LogP contribution is -2.49. The third-order valence-electron chi connectivity index (χ3n) is 7.09. The van der Waals surface area contributed by atoms with Gasteiger partial charge in [0, 0.05) is 32.7 Å². The van der Waals surface area contributed by atoms with Crippen LogP contribution in [-0.2, 0) is 0 Å². The van der Waals surface area contributed by atoms with Crippen molar-refractivity contribution in [3.8, 4) is 0 Å². The summed E-state index contributed by atoms with van der Waals surface area (Å²) in [5.74, 6) is -7.14. The summed E-state index contributed by atoms with van der Waals surface area (Å²) in [6.07, 6.45) is -1.20. The van der Waals surface area contributed by atoms with Crippen molar-refractivity contribution in [3.05, 3.63) is 93.4 Å². The van der Waals surface area contributed by atoms with Gasteiger partial charge in [0.2, 0.25) is 0 Å². The van der Waals surface area contributed by atoms with Crippen LogP contribution in [0.2, 0.25) is 0 Å². The van der Waals surface area contributed by atoms with Gasteiger partial charge < -0.3 is 19.3 Å². The number of aromatic nitrogens is 2. The first-order chi connectivity index (χ1) is 18.2. The van der Waals surface area contributed by atoms with Gasteiger partial charge in [-0.1, -0.05) is 0 Å². The highest BCUT2D eigenvalue weighted by atomic mass is 19.2. The summed E-state index contributed by atoms with van der Waals surface area (Å²) in [6.45, 7) is 0. The van der Waals surface area contributed by atoms with Crippen molar-refractivity contribution in [1.82, 2.24) is 14.3 Å². The second-order valence-electron chi connectivity index (χ2n) is 9.12. The molecule has 7 nitrogen and oxygen atoms in total. The quantitative estimate of drug-likeness (QED) is 0.240. The molecule has 0 amide bonds. The number of hydrogen-bond acceptors (Lipinski definition) is 5. The average Bonchev–Trinajstić information content (AvgIpc) is 3.45. The van der Waals surface area contributed by atoms with Crippen molar-refractivity contribution < 1.29 is 31.4 Å². The summed E-state index contributed by atoms with van der Waals surface area (Å²) in [4.78, 5) is 17.7. The van der Waals surface area contributed by atoms with Crippen molar-refractivity contribution in [1.29, 1.82) is 0 Å². The molecule has 0 spiro atoms. The fourth-order valence-electron chi connectivity index (χ4n) is 5.41. The molecule has 14 heteroatoms. The topological polar surface area (TPSA) is 81.3 Å². The number of aromatic amines is 1. The number of halogens is 6. The number of rotatable bonds is 0. The highest BCUT2D eigenvalue weighted by Gasteiger charge is 2.48. The first kappa shape index (κ1) is 21.5. The van der Waals surface area contributed by atoms with Gasteiger partial charge >= 0.3 is 7.19 Å². The fourth-order valence-corrected chi connectivity index (χ4v) is 5.41. The van der Waals surface area contributed by atoms with Gasteiger partial charge in [0.1, 0.15) is 34.6 Å². The van der Waals surface area contributed by atoms with Gasteiger partial charge in [0.15, 0.2) is 34.9 Å². The number of benzene rings is 3. The lowest BCUT2D eigenvalue weighted by molar-refractivity contribution is 0.389. The third-order valence-corrected chi connectivity index (χ3v) is 7.09. The van der Waals surface area contributed by atoms with Crippen LogP contribution in [0.1, 0.15) is 17.3 Å². The maximum absolute atomic E-state index is 14.4. The van der Waals surface area contributed by atoms with Crippen molar-refractivity contribution >= 4 is 46.2 Å². The van der Waals surface area contributed by atoms with Gasteiger partial charge in [-0.3, -0.25) is 0 Å². The van der Waals surface area contributed by atoms with E-state index in [0.717, 1.165) is 36.4 Å². The van der Waals surface area contributed by atoms with E-state index in [9.17, 15) is 31.4 Å². The van der Waals surface area contributed by atoms with E-state index in [1.165, 1.54) is 9.29 Å². The first-order valence-corrected chi connectivity index (χ1v) is 11.2. The Bertz CT molecular complexity index is 2100. The molecule has 3 aromatic carbocycles. The van der Waals surface area contributed by atoms with Gasteiger partial charge in [0.25, 0.3) is 0 Å². The van der Waals surface area contributed by atoms with Crippen LogP contribution in [0.5, 0.6) is 0 Å². The molecular weight excluding hydrogens is 513 g/mol. The fraction of sp³-hybridized carbons (Fsp3) is 0.0417. The summed E-state index contributed by atoms with van der Waals surface area (Å²) in [5, 5.41) is 11.9. The molecule has 5 aromatic rings. The van der Waals surface area contributed by atoms with Crippen molar-refractivity contribution in [3.63, 3.8) is 0 Å². The van der Waals surface area contributed by atoms with E-state index in [1.807, 2.05) is 0 Å². The maximum atomic E-state index is 14.4. The van der Waals surface area contributed by atoms with Crippen LogP contribution < -0.4 is 11.0 Å². The molecule has 3 aliphatic heterocycles. The smallest absolute Gasteiger partial charge is 0.413 e. The highest BCUT2D eigenvalue weighted by molar-refractivity contribution is 6.54. The number of nitrogens with one attached hydrogen (secondary N) is 1. The summed E-state index contributed by atoms with van der Waals surface area (Å²) < 4.78 is 87.2. The van der Waals surface area contributed by atoms with Crippen molar-refractivity contribution in [2.24, 2.45) is 15.0 Å². The average molecular weight is 522 g/mol. The van der Waals surface area contributed by atoms with Crippen LogP contribution in [0.15, 0.2) is 51.4 Å². The van der Waals surface area contributed by atoms with E-state index >= 15 is 0 Å². The van der Waals surface area contributed by atoms with E-state index in [2.05, 4.69) is 20.0 Å². The molecule has 0 fully saturated rings. The highest BCUT2D eigenvalue weighted by Crippen LogP contribution is 2.46. The summed E-state index contributed by atoms with van der Waals surface area (Å²) in [5.41, 5.74) is 0.244. The minimum Gasteiger partial charge on any atom is -0.413 e. The SMILES string of the molecule is OB1N2C3=Nc4c5cc(F)c(F)cc5c(n41)N=c1[nH]c(c4cc(F)c(F)cc14)=NC2c1cc(F)c(F)cc13. The van der Waals surface area contributed by atoms with Crippen molar-refractivity contribution in [2.45, 2.75) is 6.17 Å². The Kier molecular flexibility index (Phi) is 3.87. The number of fused-ring (bicyclic) bond motifs is 11. The largest absolute Gasteiger partial charge is 0.556 e. The Morgan fingerprint density at radius 2 is 1.21 bits per heavy atom. The lowest BCUT2D eigenvalue weighted by atomic mass is 9.95. The van der Waals surface area contributed by atoms with Crippen LogP contribution in [-0.4, -0.2) is 32.3 Å². The number of hydrogen-bond donors (Lipinski definition) is 2. The van der Waals surface area contributed by atoms with E-state index in [1.54, 1.807) is 0 Å². The number of amidine groups is 1. The Morgan fingerprint density at radius 1 is 0.684 bits per heavy atom. The predicted octanol–water partition coefficient (Wildman–Crippen LogP) is 3.77. The molecule has 4 bridgehead atoms. The number of H-pyrrole nitrogens is 1. The van der Waals surface area contributed by atoms with Crippen LogP contribution in [0.3, 0.4) is 0 Å². The number of nitrogens with zero attached hydrogens (tertiary/aromatic N) is 5. The van der Waals surface area contributed by atoms with Gasteiger partial charge in [-0.05, 0) is 36.4 Å². The van der Waals surface area contributed by atoms with Gasteiger partial charge in [-0.15, -0.1) is 0 Å². The summed E-state index contributed by atoms with van der Waals surface area (Å²) in [6, 6.07) is 5.40. The van der Waals surface area contributed by atoms with E-state index in [0.29, 0.717) is 0 Å². The van der Waals surface area contributed by atoms with Crippen molar-refractivity contribution in [2.75, 3.05) is 0 Å². The second kappa shape index (κ2) is 6.83. The summed E-state index contributed by atoms with van der Waals surface area (Å²) in [7, 11) is -1.64. The molecule has 0 saturated carbocycles. The third kappa shape index (κ3) is 2.52. The first-order valence-electron chi connectivity index (χ1n) is 11.2. The molecule has 186 valence electrons. The van der Waals surface area contributed by atoms with Crippen LogP contribution >= 0.6 is 0 Å². The molecule has 3 aliphatic rings. The molecule has 2 N–H and O–H groups in total. The molecule has 1 atom stereocenters. The Balaban J connectivity index is 1.63. The molecule has 8 rings (SSSR count). The zero-order valence-corrected chi connectivity index (χ0v) is 18.6. The Hall–Kier alpha value is -4.59. The van der Waals surface area contributed by atoms with Crippen LogP contribution in [0.25, 0.3) is 21.5 Å².